The van der Waals surface area contributed by atoms with Crippen LogP contribution in [0.2, 0.25) is 0 Å². The third-order valence-corrected chi connectivity index (χ3v) is 5.40. The maximum atomic E-state index is 13.9. The van der Waals surface area contributed by atoms with Crippen molar-refractivity contribution in [2.75, 3.05) is 0 Å². The first-order valence-electron chi connectivity index (χ1n) is 9.33. The van der Waals surface area contributed by atoms with Crippen LogP contribution >= 0.6 is 0 Å². The lowest BCUT2D eigenvalue weighted by molar-refractivity contribution is 0.0815. The van der Waals surface area contributed by atoms with Crippen molar-refractivity contribution >= 4 is 6.09 Å². The fourth-order valence-corrected chi connectivity index (χ4v) is 4.07. The maximum absolute atomic E-state index is 13.9. The van der Waals surface area contributed by atoms with Gasteiger partial charge in [0, 0.05) is 12.1 Å². The smallest absolute Gasteiger partial charge is 0.410 e. The van der Waals surface area contributed by atoms with Gasteiger partial charge in [-0.1, -0.05) is 42.0 Å². The molecule has 28 heavy (non-hydrogen) atoms. The fraction of sp³-hybridized carbons (Fsp3) is 0.318. The molecule has 146 valence electrons. The molecule has 2 unspecified atom stereocenters. The van der Waals surface area contributed by atoms with Gasteiger partial charge in [0.05, 0.1) is 6.04 Å². The molecular formula is C22H20F3NO2. The molecular weight excluding hydrogens is 367 g/mol. The van der Waals surface area contributed by atoms with E-state index in [2.05, 4.69) is 0 Å². The van der Waals surface area contributed by atoms with Gasteiger partial charge in [0.1, 0.15) is 12.4 Å². The molecule has 0 aliphatic carbocycles. The zero-order chi connectivity index (χ0) is 19.7. The average molecular weight is 387 g/mol. The number of nitrogens with zero attached hydrogens (tertiary/aromatic N) is 1. The largest absolute Gasteiger partial charge is 0.445 e. The van der Waals surface area contributed by atoms with Gasteiger partial charge in [0.2, 0.25) is 0 Å². The Morgan fingerprint density at radius 3 is 2.54 bits per heavy atom. The highest BCUT2D eigenvalue weighted by molar-refractivity contribution is 5.70. The maximum Gasteiger partial charge on any atom is 0.410 e. The van der Waals surface area contributed by atoms with Gasteiger partial charge in [-0.3, -0.25) is 4.90 Å². The summed E-state index contributed by atoms with van der Waals surface area (Å²) in [6.07, 6.45) is 4.03. The fourth-order valence-electron chi connectivity index (χ4n) is 4.07. The number of ether oxygens (including phenoxy) is 1. The molecule has 2 heterocycles. The van der Waals surface area contributed by atoms with Crippen LogP contribution in [0.25, 0.3) is 0 Å². The molecule has 1 fully saturated rings. The number of hydrogen-bond donors (Lipinski definition) is 0. The van der Waals surface area contributed by atoms with Gasteiger partial charge in [-0.2, -0.15) is 0 Å². The summed E-state index contributed by atoms with van der Waals surface area (Å²) in [6, 6.07) is 10.8. The third-order valence-electron chi connectivity index (χ3n) is 5.40. The Hall–Kier alpha value is -2.76. The van der Waals surface area contributed by atoms with Crippen LogP contribution in [0, 0.1) is 17.5 Å². The van der Waals surface area contributed by atoms with Crippen LogP contribution < -0.4 is 0 Å². The first-order valence-corrected chi connectivity index (χ1v) is 9.33. The first kappa shape index (κ1) is 18.6. The second-order valence-corrected chi connectivity index (χ2v) is 7.31. The van der Waals surface area contributed by atoms with Crippen molar-refractivity contribution in [3.8, 4) is 0 Å². The van der Waals surface area contributed by atoms with E-state index in [1.165, 1.54) is 0 Å². The summed E-state index contributed by atoms with van der Waals surface area (Å²) >= 11 is 0. The molecule has 6 heteroatoms. The zero-order valence-corrected chi connectivity index (χ0v) is 15.2. The highest BCUT2D eigenvalue weighted by Crippen LogP contribution is 2.36. The van der Waals surface area contributed by atoms with Crippen LogP contribution in [0.1, 0.15) is 30.4 Å². The number of halogens is 3. The molecule has 1 amide bonds. The predicted molar refractivity (Wildman–Crippen MR) is 98.0 cm³/mol. The predicted octanol–water partition coefficient (Wildman–Crippen LogP) is 5.15. The normalized spacial score (nSPS) is 20.8. The van der Waals surface area contributed by atoms with Crippen molar-refractivity contribution in [2.45, 2.75) is 44.4 Å². The van der Waals surface area contributed by atoms with Crippen molar-refractivity contribution in [2.24, 2.45) is 0 Å². The zero-order valence-electron chi connectivity index (χ0n) is 15.2. The van der Waals surface area contributed by atoms with Gasteiger partial charge < -0.3 is 4.74 Å². The van der Waals surface area contributed by atoms with Gasteiger partial charge in [-0.25, -0.2) is 18.0 Å². The Bertz CT molecular complexity index is 913. The lowest BCUT2D eigenvalue weighted by Gasteiger charge is -2.33. The van der Waals surface area contributed by atoms with Gasteiger partial charge in [0.15, 0.2) is 11.6 Å². The Morgan fingerprint density at radius 1 is 1.04 bits per heavy atom. The average Bonchev–Trinajstić information content (AvgIpc) is 2.96. The van der Waals surface area contributed by atoms with Crippen LogP contribution in [0.3, 0.4) is 0 Å². The van der Waals surface area contributed by atoms with Crippen LogP contribution in [-0.4, -0.2) is 23.1 Å². The molecule has 2 atom stereocenters. The molecule has 1 saturated heterocycles. The standard InChI is InChI=1S/C22H20F3NO2/c23-19-12-21(25)20(24)11-16(19)8-15-9-17-6-7-18(10-15)26(17)22(27)28-13-14-4-2-1-3-5-14/h1-5,9,11-12,17-18H,6-8,10,13H2. The van der Waals surface area contributed by atoms with E-state index in [-0.39, 0.29) is 36.8 Å². The molecule has 4 rings (SSSR count). The van der Waals surface area contributed by atoms with E-state index in [0.717, 1.165) is 30.0 Å². The Kier molecular flexibility index (Phi) is 5.11. The van der Waals surface area contributed by atoms with Crippen molar-refractivity contribution in [1.29, 1.82) is 0 Å². The van der Waals surface area contributed by atoms with E-state index >= 15 is 0 Å². The molecule has 2 bridgehead atoms. The van der Waals surface area contributed by atoms with Crippen LogP contribution in [0.5, 0.6) is 0 Å². The van der Waals surface area contributed by atoms with E-state index < -0.39 is 17.5 Å². The molecule has 0 radical (unpaired) electrons. The van der Waals surface area contributed by atoms with E-state index in [0.29, 0.717) is 12.5 Å². The van der Waals surface area contributed by atoms with Crippen LogP contribution in [0.4, 0.5) is 18.0 Å². The number of amides is 1. The number of carbonyl (C=O) groups is 1. The van der Waals surface area contributed by atoms with Crippen molar-refractivity contribution in [3.05, 3.63) is 82.7 Å². The topological polar surface area (TPSA) is 29.5 Å². The minimum Gasteiger partial charge on any atom is -0.445 e. The lowest BCUT2D eigenvalue weighted by atomic mass is 9.95. The number of hydrogen-bond acceptors (Lipinski definition) is 2. The van der Waals surface area contributed by atoms with Crippen LogP contribution in [-0.2, 0) is 17.8 Å². The summed E-state index contributed by atoms with van der Waals surface area (Å²) in [5.74, 6) is -3.00. The highest BCUT2D eigenvalue weighted by Gasteiger charge is 2.40. The van der Waals surface area contributed by atoms with E-state index in [4.69, 9.17) is 4.74 Å². The summed E-state index contributed by atoms with van der Waals surface area (Å²) in [6.45, 7) is 0.215. The Morgan fingerprint density at radius 2 is 1.79 bits per heavy atom. The number of benzene rings is 2. The van der Waals surface area contributed by atoms with E-state index in [1.807, 2.05) is 36.4 Å². The first-order chi connectivity index (χ1) is 13.5. The molecule has 3 nitrogen and oxygen atoms in total. The monoisotopic (exact) mass is 387 g/mol. The van der Waals surface area contributed by atoms with Gasteiger partial charge in [0.25, 0.3) is 0 Å². The van der Waals surface area contributed by atoms with E-state index in [9.17, 15) is 18.0 Å². The van der Waals surface area contributed by atoms with Gasteiger partial charge in [-0.15, -0.1) is 0 Å². The number of carbonyl (C=O) groups excluding carboxylic acids is 1. The third kappa shape index (κ3) is 3.77. The highest BCUT2D eigenvalue weighted by atomic mass is 19.2. The lowest BCUT2D eigenvalue weighted by Crippen LogP contribution is -2.43. The number of fused-ring (bicyclic) bond motifs is 2. The summed E-state index contributed by atoms with van der Waals surface area (Å²) in [7, 11) is 0. The molecule has 0 aromatic heterocycles. The van der Waals surface area contributed by atoms with Crippen molar-refractivity contribution in [3.63, 3.8) is 0 Å². The molecule has 0 spiro atoms. The van der Waals surface area contributed by atoms with Crippen molar-refractivity contribution in [1.82, 2.24) is 4.90 Å². The molecule has 2 aromatic carbocycles. The van der Waals surface area contributed by atoms with Crippen LogP contribution in [0.15, 0.2) is 54.1 Å². The minimum atomic E-state index is -1.19. The Balaban J connectivity index is 1.43. The summed E-state index contributed by atoms with van der Waals surface area (Å²) in [4.78, 5) is 14.3. The van der Waals surface area contributed by atoms with Gasteiger partial charge in [-0.05, 0) is 42.9 Å². The molecule has 0 N–H and O–H groups in total. The van der Waals surface area contributed by atoms with Gasteiger partial charge >= 0.3 is 6.09 Å². The van der Waals surface area contributed by atoms with Crippen molar-refractivity contribution < 1.29 is 22.7 Å². The quantitative estimate of drug-likeness (QED) is 0.537. The second kappa shape index (κ2) is 7.70. The SMILES string of the molecule is O=C(OCc1ccccc1)N1C2C=C(Cc3cc(F)c(F)cc3F)CC1CC2. The summed E-state index contributed by atoms with van der Waals surface area (Å²) in [5.41, 5.74) is 1.99. The molecule has 2 aliphatic rings. The summed E-state index contributed by atoms with van der Waals surface area (Å²) < 4.78 is 46.0. The van der Waals surface area contributed by atoms with E-state index in [1.54, 1.807) is 4.90 Å². The minimum absolute atomic E-state index is 0.0124. The molecule has 2 aromatic rings. The summed E-state index contributed by atoms with van der Waals surface area (Å²) in [5, 5.41) is 0. The Labute approximate surface area is 161 Å². The number of rotatable bonds is 4. The second-order valence-electron chi connectivity index (χ2n) is 7.31. The molecule has 2 aliphatic heterocycles. The molecule has 0 saturated carbocycles.